The highest BCUT2D eigenvalue weighted by molar-refractivity contribution is 7.93. The third-order valence-electron chi connectivity index (χ3n) is 7.03. The summed E-state index contributed by atoms with van der Waals surface area (Å²) < 4.78 is 25.8. The standard InChI is InChI=1S/C22H32ClN3O3S/c23-19-5-7-20(8-6-19)30(28,29)22(9-1-2-10-22)21(27)26-17-15-25(16-18-26)14-13-24-11-3-4-12-24/h5-8H,1-4,9-18H2. The van der Waals surface area contributed by atoms with Crippen LogP contribution in [-0.4, -0.2) is 86.1 Å². The van der Waals surface area contributed by atoms with Crippen LogP contribution in [0.25, 0.3) is 0 Å². The average molecular weight is 454 g/mol. The van der Waals surface area contributed by atoms with E-state index < -0.39 is 14.6 Å². The lowest BCUT2D eigenvalue weighted by Crippen LogP contribution is -2.58. The molecular formula is C22H32ClN3O3S. The molecule has 2 heterocycles. The monoisotopic (exact) mass is 453 g/mol. The lowest BCUT2D eigenvalue weighted by Gasteiger charge is -2.39. The van der Waals surface area contributed by atoms with Crippen LogP contribution in [0.2, 0.25) is 5.02 Å². The van der Waals surface area contributed by atoms with Crippen molar-refractivity contribution in [3.63, 3.8) is 0 Å². The molecule has 166 valence electrons. The third kappa shape index (κ3) is 4.27. The van der Waals surface area contributed by atoms with Crippen LogP contribution in [0.5, 0.6) is 0 Å². The van der Waals surface area contributed by atoms with Crippen molar-refractivity contribution in [1.82, 2.24) is 14.7 Å². The molecule has 6 nitrogen and oxygen atoms in total. The maximum absolute atomic E-state index is 13.6. The minimum absolute atomic E-state index is 0.200. The number of hydrogen-bond donors (Lipinski definition) is 0. The lowest BCUT2D eigenvalue weighted by molar-refractivity contribution is -0.135. The summed E-state index contributed by atoms with van der Waals surface area (Å²) in [6.07, 6.45) is 4.96. The molecule has 0 atom stereocenters. The van der Waals surface area contributed by atoms with Gasteiger partial charge in [-0.05, 0) is 63.0 Å². The van der Waals surface area contributed by atoms with Gasteiger partial charge in [0.05, 0.1) is 4.90 Å². The maximum atomic E-state index is 13.6. The molecule has 0 radical (unpaired) electrons. The molecular weight excluding hydrogens is 422 g/mol. The van der Waals surface area contributed by atoms with E-state index in [2.05, 4.69) is 9.80 Å². The summed E-state index contributed by atoms with van der Waals surface area (Å²) in [6.45, 7) is 7.35. The summed E-state index contributed by atoms with van der Waals surface area (Å²) in [6, 6.07) is 6.23. The molecule has 2 aliphatic heterocycles. The Bertz CT molecular complexity index is 839. The van der Waals surface area contributed by atoms with Gasteiger partial charge in [0, 0.05) is 44.3 Å². The largest absolute Gasteiger partial charge is 0.339 e. The second-order valence-corrected chi connectivity index (χ2v) is 11.5. The number of likely N-dealkylation sites (tertiary alicyclic amines) is 1. The predicted octanol–water partition coefficient (Wildman–Crippen LogP) is 2.67. The zero-order valence-corrected chi connectivity index (χ0v) is 19.1. The minimum atomic E-state index is -3.77. The molecule has 3 fully saturated rings. The van der Waals surface area contributed by atoms with Gasteiger partial charge in [0.1, 0.15) is 0 Å². The van der Waals surface area contributed by atoms with E-state index in [9.17, 15) is 13.2 Å². The van der Waals surface area contributed by atoms with Crippen LogP contribution in [0.1, 0.15) is 38.5 Å². The van der Waals surface area contributed by atoms with Gasteiger partial charge in [0.15, 0.2) is 14.6 Å². The van der Waals surface area contributed by atoms with Crippen LogP contribution < -0.4 is 0 Å². The van der Waals surface area contributed by atoms with Gasteiger partial charge in [-0.15, -0.1) is 0 Å². The molecule has 1 aliphatic carbocycles. The Morgan fingerprint density at radius 2 is 1.37 bits per heavy atom. The number of carbonyl (C=O) groups is 1. The molecule has 0 aromatic heterocycles. The van der Waals surface area contributed by atoms with Gasteiger partial charge in [0.2, 0.25) is 5.91 Å². The fraction of sp³-hybridized carbons (Fsp3) is 0.682. The molecule has 0 N–H and O–H groups in total. The Kier molecular flexibility index (Phi) is 6.73. The molecule has 1 amide bonds. The summed E-state index contributed by atoms with van der Waals surface area (Å²) in [5, 5.41) is 0.491. The molecule has 1 saturated carbocycles. The van der Waals surface area contributed by atoms with E-state index >= 15 is 0 Å². The first-order valence-corrected chi connectivity index (χ1v) is 13.0. The Morgan fingerprint density at radius 1 is 0.833 bits per heavy atom. The molecule has 0 unspecified atom stereocenters. The van der Waals surface area contributed by atoms with E-state index in [4.69, 9.17) is 11.6 Å². The van der Waals surface area contributed by atoms with E-state index in [-0.39, 0.29) is 10.8 Å². The number of hydrogen-bond acceptors (Lipinski definition) is 5. The molecule has 1 aromatic carbocycles. The van der Waals surface area contributed by atoms with Crippen LogP contribution >= 0.6 is 11.6 Å². The number of nitrogens with zero attached hydrogens (tertiary/aromatic N) is 3. The van der Waals surface area contributed by atoms with Crippen molar-refractivity contribution in [2.24, 2.45) is 0 Å². The Hall–Kier alpha value is -1.15. The highest BCUT2D eigenvalue weighted by Gasteiger charge is 2.54. The average Bonchev–Trinajstić information content (AvgIpc) is 3.45. The normalized spacial score (nSPS) is 23.2. The third-order valence-corrected chi connectivity index (χ3v) is 9.79. The summed E-state index contributed by atoms with van der Waals surface area (Å²) in [4.78, 5) is 20.5. The summed E-state index contributed by atoms with van der Waals surface area (Å²) >= 11 is 5.94. The van der Waals surface area contributed by atoms with E-state index in [0.717, 1.165) is 39.0 Å². The number of sulfone groups is 1. The number of benzene rings is 1. The second-order valence-electron chi connectivity index (χ2n) is 8.84. The quantitative estimate of drug-likeness (QED) is 0.662. The number of piperazine rings is 1. The van der Waals surface area contributed by atoms with E-state index in [1.807, 2.05) is 0 Å². The first-order chi connectivity index (χ1) is 14.4. The zero-order valence-electron chi connectivity index (χ0n) is 17.6. The van der Waals surface area contributed by atoms with Crippen molar-refractivity contribution in [3.8, 4) is 0 Å². The fourth-order valence-corrected chi connectivity index (χ4v) is 7.39. The molecule has 1 aromatic rings. The summed E-state index contributed by atoms with van der Waals surface area (Å²) in [7, 11) is -3.77. The van der Waals surface area contributed by atoms with Gasteiger partial charge < -0.3 is 9.80 Å². The molecule has 3 aliphatic rings. The number of amides is 1. The van der Waals surface area contributed by atoms with Gasteiger partial charge in [0.25, 0.3) is 0 Å². The van der Waals surface area contributed by atoms with Crippen molar-refractivity contribution in [1.29, 1.82) is 0 Å². The minimum Gasteiger partial charge on any atom is -0.339 e. The van der Waals surface area contributed by atoms with Crippen molar-refractivity contribution in [2.75, 3.05) is 52.4 Å². The molecule has 2 saturated heterocycles. The van der Waals surface area contributed by atoms with Gasteiger partial charge in [-0.2, -0.15) is 0 Å². The number of carbonyl (C=O) groups excluding carboxylic acids is 1. The summed E-state index contributed by atoms with van der Waals surface area (Å²) in [5.74, 6) is -0.200. The van der Waals surface area contributed by atoms with Crippen LogP contribution in [0.3, 0.4) is 0 Å². The maximum Gasteiger partial charge on any atom is 0.244 e. The first-order valence-electron chi connectivity index (χ1n) is 11.2. The highest BCUT2D eigenvalue weighted by atomic mass is 35.5. The van der Waals surface area contributed by atoms with Crippen LogP contribution in [-0.2, 0) is 14.6 Å². The van der Waals surface area contributed by atoms with Crippen molar-refractivity contribution in [3.05, 3.63) is 29.3 Å². The zero-order chi connectivity index (χ0) is 21.2. The molecule has 30 heavy (non-hydrogen) atoms. The van der Waals surface area contributed by atoms with Gasteiger partial charge in [-0.25, -0.2) is 8.42 Å². The van der Waals surface area contributed by atoms with Crippen molar-refractivity contribution in [2.45, 2.75) is 48.2 Å². The van der Waals surface area contributed by atoms with E-state index in [1.54, 1.807) is 17.0 Å². The first kappa shape index (κ1) is 22.1. The number of rotatable bonds is 6. The molecule has 8 heteroatoms. The molecule has 0 bridgehead atoms. The highest BCUT2D eigenvalue weighted by Crippen LogP contribution is 2.42. The fourth-order valence-electron chi connectivity index (χ4n) is 5.13. The smallest absolute Gasteiger partial charge is 0.244 e. The van der Waals surface area contributed by atoms with E-state index in [1.165, 1.54) is 38.1 Å². The topological polar surface area (TPSA) is 60.9 Å². The Balaban J connectivity index is 1.43. The Morgan fingerprint density at radius 3 is 1.93 bits per heavy atom. The van der Waals surface area contributed by atoms with Crippen LogP contribution in [0, 0.1) is 0 Å². The van der Waals surface area contributed by atoms with Gasteiger partial charge >= 0.3 is 0 Å². The van der Waals surface area contributed by atoms with Gasteiger partial charge in [-0.1, -0.05) is 24.4 Å². The Labute approximate surface area is 185 Å². The van der Waals surface area contributed by atoms with Crippen LogP contribution in [0.15, 0.2) is 29.2 Å². The number of halogens is 1. The second kappa shape index (κ2) is 9.15. The SMILES string of the molecule is O=C(N1CCN(CCN2CCCC2)CC1)C1(S(=O)(=O)c2ccc(Cl)cc2)CCCC1. The van der Waals surface area contributed by atoms with Crippen molar-refractivity contribution >= 4 is 27.3 Å². The lowest BCUT2D eigenvalue weighted by atomic mass is 10.0. The molecule has 0 spiro atoms. The van der Waals surface area contributed by atoms with Crippen molar-refractivity contribution < 1.29 is 13.2 Å². The predicted molar refractivity (Wildman–Crippen MR) is 119 cm³/mol. The molecule has 4 rings (SSSR count). The van der Waals surface area contributed by atoms with Gasteiger partial charge in [-0.3, -0.25) is 9.69 Å². The van der Waals surface area contributed by atoms with Crippen LogP contribution in [0.4, 0.5) is 0 Å². The summed E-state index contributed by atoms with van der Waals surface area (Å²) in [5.41, 5.74) is 0. The van der Waals surface area contributed by atoms with E-state index in [0.29, 0.717) is 31.0 Å².